The molecular formula is C20H32O3. The van der Waals surface area contributed by atoms with Crippen molar-refractivity contribution in [2.75, 3.05) is 0 Å². The van der Waals surface area contributed by atoms with Crippen molar-refractivity contribution in [2.45, 2.75) is 84.8 Å². The third kappa shape index (κ3) is 1.81. The standard InChI is InChI=1S/C20H32O3/c1-17(2)9-13(21)10-19(4)16(17)14(22)7-12-8-18(3)5-6-20(12,19)11-15(18)23/h12,14-16,22-23H,5-11H2,1-4H3/t12-,14-,15+,16-,18-,19-,20+/m0/s1. The molecule has 0 aromatic rings. The van der Waals surface area contributed by atoms with Gasteiger partial charge in [0.25, 0.3) is 0 Å². The number of Topliss-reactive ketones (excluding diaryl/α,β-unsaturated/α-hetero) is 1. The van der Waals surface area contributed by atoms with Crippen LogP contribution in [-0.4, -0.2) is 28.2 Å². The average molecular weight is 320 g/mol. The van der Waals surface area contributed by atoms with Crippen LogP contribution in [0.1, 0.15) is 72.6 Å². The second-order valence-corrected chi connectivity index (χ2v) is 10.5. The fourth-order valence-electron chi connectivity index (χ4n) is 7.95. The highest BCUT2D eigenvalue weighted by atomic mass is 16.3. The van der Waals surface area contributed by atoms with E-state index in [2.05, 4.69) is 27.7 Å². The largest absolute Gasteiger partial charge is 0.393 e. The first kappa shape index (κ1) is 16.1. The van der Waals surface area contributed by atoms with Crippen molar-refractivity contribution in [3.05, 3.63) is 0 Å². The molecule has 0 amide bonds. The van der Waals surface area contributed by atoms with E-state index in [0.717, 1.165) is 32.1 Å². The quantitative estimate of drug-likeness (QED) is 0.720. The average Bonchev–Trinajstić information content (AvgIpc) is 2.37. The van der Waals surface area contributed by atoms with E-state index in [9.17, 15) is 15.0 Å². The van der Waals surface area contributed by atoms with E-state index in [1.165, 1.54) is 0 Å². The van der Waals surface area contributed by atoms with Gasteiger partial charge in [-0.3, -0.25) is 4.79 Å². The Morgan fingerprint density at radius 1 is 1.00 bits per heavy atom. The monoisotopic (exact) mass is 320 g/mol. The predicted octanol–water partition coefficient (Wildman–Crippen LogP) is 3.32. The van der Waals surface area contributed by atoms with Gasteiger partial charge in [0, 0.05) is 12.8 Å². The molecule has 5 aliphatic carbocycles. The van der Waals surface area contributed by atoms with Crippen molar-refractivity contribution >= 4 is 5.78 Å². The van der Waals surface area contributed by atoms with Gasteiger partial charge in [0.15, 0.2) is 0 Å². The van der Waals surface area contributed by atoms with Gasteiger partial charge in [-0.15, -0.1) is 0 Å². The molecule has 3 nitrogen and oxygen atoms in total. The zero-order valence-electron chi connectivity index (χ0n) is 15.1. The molecule has 7 atom stereocenters. The third-order valence-corrected chi connectivity index (χ3v) is 8.79. The summed E-state index contributed by atoms with van der Waals surface area (Å²) in [5, 5.41) is 21.8. The van der Waals surface area contributed by atoms with E-state index in [1.807, 2.05) is 0 Å². The molecule has 0 heterocycles. The normalized spacial score (nSPS) is 57.7. The molecule has 0 aromatic carbocycles. The molecular weight excluding hydrogens is 288 g/mol. The Hall–Kier alpha value is -0.410. The molecule has 0 aliphatic heterocycles. The lowest BCUT2D eigenvalue weighted by atomic mass is 9.32. The molecule has 2 N–H and O–H groups in total. The summed E-state index contributed by atoms with van der Waals surface area (Å²) < 4.78 is 0. The number of aliphatic hydroxyl groups is 2. The van der Waals surface area contributed by atoms with Gasteiger partial charge in [-0.1, -0.05) is 27.7 Å². The maximum Gasteiger partial charge on any atom is 0.134 e. The van der Waals surface area contributed by atoms with Gasteiger partial charge in [0.05, 0.1) is 12.2 Å². The Morgan fingerprint density at radius 3 is 2.35 bits per heavy atom. The van der Waals surface area contributed by atoms with Gasteiger partial charge < -0.3 is 10.2 Å². The molecule has 0 radical (unpaired) electrons. The van der Waals surface area contributed by atoms with E-state index >= 15 is 0 Å². The zero-order chi connectivity index (χ0) is 16.8. The summed E-state index contributed by atoms with van der Waals surface area (Å²) in [6.45, 7) is 8.82. The van der Waals surface area contributed by atoms with Crippen LogP contribution in [0, 0.1) is 33.5 Å². The fraction of sp³-hybridized carbons (Fsp3) is 0.950. The Labute approximate surface area is 139 Å². The molecule has 130 valence electrons. The lowest BCUT2D eigenvalue weighted by molar-refractivity contribution is -0.269. The Kier molecular flexibility index (Phi) is 3.08. The number of ketones is 1. The van der Waals surface area contributed by atoms with Gasteiger partial charge in [0.1, 0.15) is 5.78 Å². The van der Waals surface area contributed by atoms with E-state index in [4.69, 9.17) is 0 Å². The van der Waals surface area contributed by atoms with Crippen LogP contribution in [0.25, 0.3) is 0 Å². The molecule has 23 heavy (non-hydrogen) atoms. The highest BCUT2D eigenvalue weighted by Gasteiger charge is 2.71. The zero-order valence-corrected chi connectivity index (χ0v) is 15.1. The van der Waals surface area contributed by atoms with Crippen LogP contribution in [0.2, 0.25) is 0 Å². The molecule has 5 saturated carbocycles. The first-order valence-electron chi connectivity index (χ1n) is 9.42. The van der Waals surface area contributed by atoms with Crippen molar-refractivity contribution in [1.29, 1.82) is 0 Å². The number of aliphatic hydroxyl groups excluding tert-OH is 2. The van der Waals surface area contributed by atoms with E-state index in [0.29, 0.717) is 24.5 Å². The SMILES string of the molecule is CC1(C)CC(=O)C[C@@]2(C)[C@H]1[C@@H](O)C[C@H]1C[C@]3(C)CC[C@@]12C[C@H]3O. The third-order valence-electron chi connectivity index (χ3n) is 8.79. The lowest BCUT2D eigenvalue weighted by Crippen LogP contribution is -2.69. The molecule has 2 bridgehead atoms. The summed E-state index contributed by atoms with van der Waals surface area (Å²) in [4.78, 5) is 12.6. The summed E-state index contributed by atoms with van der Waals surface area (Å²) in [5.74, 6) is 0.977. The molecule has 0 unspecified atom stereocenters. The van der Waals surface area contributed by atoms with Gasteiger partial charge in [0.2, 0.25) is 0 Å². The van der Waals surface area contributed by atoms with Gasteiger partial charge in [-0.2, -0.15) is 0 Å². The first-order valence-corrected chi connectivity index (χ1v) is 9.42. The Morgan fingerprint density at radius 2 is 1.70 bits per heavy atom. The molecule has 5 rings (SSSR count). The molecule has 0 saturated heterocycles. The highest BCUT2D eigenvalue weighted by molar-refractivity contribution is 5.81. The minimum absolute atomic E-state index is 0.0174. The smallest absolute Gasteiger partial charge is 0.134 e. The molecule has 0 aromatic heterocycles. The van der Waals surface area contributed by atoms with Crippen molar-refractivity contribution in [2.24, 2.45) is 33.5 Å². The number of fused-ring (bicyclic) bond motifs is 3. The van der Waals surface area contributed by atoms with Crippen LogP contribution in [0.3, 0.4) is 0 Å². The van der Waals surface area contributed by atoms with E-state index in [1.54, 1.807) is 0 Å². The molecule has 1 spiro atoms. The Bertz CT molecular complexity index is 555. The minimum atomic E-state index is -0.307. The fourth-order valence-corrected chi connectivity index (χ4v) is 7.95. The first-order chi connectivity index (χ1) is 10.5. The van der Waals surface area contributed by atoms with Crippen LogP contribution in [0.15, 0.2) is 0 Å². The van der Waals surface area contributed by atoms with Crippen LogP contribution in [0.5, 0.6) is 0 Å². The van der Waals surface area contributed by atoms with Crippen molar-refractivity contribution < 1.29 is 15.0 Å². The Balaban J connectivity index is 1.85. The number of carbonyl (C=O) groups is 1. The minimum Gasteiger partial charge on any atom is -0.393 e. The van der Waals surface area contributed by atoms with Gasteiger partial charge in [-0.05, 0) is 65.6 Å². The number of carbonyl (C=O) groups excluding carboxylic acids is 1. The maximum atomic E-state index is 12.6. The topological polar surface area (TPSA) is 57.5 Å². The highest BCUT2D eigenvalue weighted by Crippen LogP contribution is 2.74. The predicted molar refractivity (Wildman–Crippen MR) is 88.7 cm³/mol. The molecule has 5 fully saturated rings. The summed E-state index contributed by atoms with van der Waals surface area (Å²) in [6.07, 6.45) is 5.52. The number of rotatable bonds is 0. The van der Waals surface area contributed by atoms with E-state index < -0.39 is 0 Å². The number of hydrogen-bond acceptors (Lipinski definition) is 3. The summed E-state index contributed by atoms with van der Waals surface area (Å²) >= 11 is 0. The second kappa shape index (κ2) is 4.40. The van der Waals surface area contributed by atoms with Crippen molar-refractivity contribution in [3.8, 4) is 0 Å². The van der Waals surface area contributed by atoms with Crippen LogP contribution in [-0.2, 0) is 4.79 Å². The van der Waals surface area contributed by atoms with Crippen molar-refractivity contribution in [3.63, 3.8) is 0 Å². The summed E-state index contributed by atoms with van der Waals surface area (Å²) in [5.41, 5.74) is -0.256. The maximum absolute atomic E-state index is 12.6. The summed E-state index contributed by atoms with van der Waals surface area (Å²) in [6, 6.07) is 0. The summed E-state index contributed by atoms with van der Waals surface area (Å²) in [7, 11) is 0. The van der Waals surface area contributed by atoms with Crippen LogP contribution in [0.4, 0.5) is 0 Å². The lowest BCUT2D eigenvalue weighted by Gasteiger charge is -2.72. The van der Waals surface area contributed by atoms with Gasteiger partial charge >= 0.3 is 0 Å². The van der Waals surface area contributed by atoms with Crippen molar-refractivity contribution in [1.82, 2.24) is 0 Å². The molecule has 5 aliphatic rings. The second-order valence-electron chi connectivity index (χ2n) is 10.5. The van der Waals surface area contributed by atoms with Crippen LogP contribution >= 0.6 is 0 Å². The number of hydrogen-bond donors (Lipinski definition) is 2. The van der Waals surface area contributed by atoms with E-state index in [-0.39, 0.29) is 39.8 Å². The van der Waals surface area contributed by atoms with Crippen LogP contribution < -0.4 is 0 Å². The van der Waals surface area contributed by atoms with Gasteiger partial charge in [-0.25, -0.2) is 0 Å². The molecule has 3 heteroatoms.